The fourth-order valence-electron chi connectivity index (χ4n) is 3.02. The number of carbonyl (C=O) groups excluding carboxylic acids is 1. The number of nitrogens with one attached hydrogen (secondary N) is 1. The summed E-state index contributed by atoms with van der Waals surface area (Å²) in [5, 5.41) is 3.06. The third-order valence-corrected chi connectivity index (χ3v) is 4.28. The molecule has 1 N–H and O–H groups in total. The Hall–Kier alpha value is -2.07. The first kappa shape index (κ1) is 14.9. The molecule has 0 unspecified atom stereocenters. The summed E-state index contributed by atoms with van der Waals surface area (Å²) in [5.41, 5.74) is 2.78. The number of nitrogens with zero attached hydrogens (tertiary/aromatic N) is 2. The molecule has 1 aliphatic rings. The molecular formula is C18H23N3O. The molecule has 1 saturated heterocycles. The highest BCUT2D eigenvalue weighted by molar-refractivity contribution is 6.03. The van der Waals surface area contributed by atoms with Gasteiger partial charge in [0.2, 0.25) is 0 Å². The predicted octanol–water partition coefficient (Wildman–Crippen LogP) is 3.26. The molecule has 0 radical (unpaired) electrons. The number of aryl methyl sites for hydroxylation is 1. The molecule has 1 amide bonds. The standard InChI is InChI=1S/C18H23N3O/c1-20-11-7-10-17(20)18(22)19-16-9-4-3-8-15(16)14-21-12-5-2-6-13-21/h3-4,7-11H,2,5-6,12-14H2,1H3,(H,19,22). The molecule has 0 spiro atoms. The van der Waals surface area contributed by atoms with Crippen molar-refractivity contribution in [2.45, 2.75) is 25.8 Å². The van der Waals surface area contributed by atoms with Crippen LogP contribution in [0.15, 0.2) is 42.6 Å². The number of likely N-dealkylation sites (tertiary alicyclic amines) is 1. The first-order valence-electron chi connectivity index (χ1n) is 7.97. The van der Waals surface area contributed by atoms with Crippen LogP contribution in [0.5, 0.6) is 0 Å². The average Bonchev–Trinajstić information content (AvgIpc) is 2.96. The lowest BCUT2D eigenvalue weighted by molar-refractivity contribution is 0.101. The zero-order valence-corrected chi connectivity index (χ0v) is 13.1. The molecule has 4 heteroatoms. The first-order valence-corrected chi connectivity index (χ1v) is 7.97. The monoisotopic (exact) mass is 297 g/mol. The molecule has 1 fully saturated rings. The number of aromatic nitrogens is 1. The summed E-state index contributed by atoms with van der Waals surface area (Å²) in [4.78, 5) is 14.9. The minimum Gasteiger partial charge on any atom is -0.347 e. The maximum absolute atomic E-state index is 12.4. The molecule has 3 rings (SSSR count). The van der Waals surface area contributed by atoms with Crippen molar-refractivity contribution in [1.29, 1.82) is 0 Å². The number of anilines is 1. The van der Waals surface area contributed by atoms with Crippen LogP contribution in [0, 0.1) is 0 Å². The van der Waals surface area contributed by atoms with Crippen LogP contribution in [0.2, 0.25) is 0 Å². The number of rotatable bonds is 4. The molecule has 0 bridgehead atoms. The van der Waals surface area contributed by atoms with Crippen LogP contribution in [0.3, 0.4) is 0 Å². The highest BCUT2D eigenvalue weighted by Crippen LogP contribution is 2.20. The molecule has 0 aliphatic carbocycles. The van der Waals surface area contributed by atoms with Crippen molar-refractivity contribution in [2.24, 2.45) is 7.05 Å². The average molecular weight is 297 g/mol. The minimum absolute atomic E-state index is 0.0569. The van der Waals surface area contributed by atoms with Crippen LogP contribution in [-0.2, 0) is 13.6 Å². The number of piperidine rings is 1. The second kappa shape index (κ2) is 6.79. The van der Waals surface area contributed by atoms with E-state index in [9.17, 15) is 4.79 Å². The number of hydrogen-bond acceptors (Lipinski definition) is 2. The van der Waals surface area contributed by atoms with Crippen molar-refractivity contribution in [3.05, 3.63) is 53.9 Å². The van der Waals surface area contributed by atoms with Crippen LogP contribution in [-0.4, -0.2) is 28.5 Å². The van der Waals surface area contributed by atoms with Gasteiger partial charge >= 0.3 is 0 Å². The van der Waals surface area contributed by atoms with E-state index >= 15 is 0 Å². The van der Waals surface area contributed by atoms with E-state index in [1.54, 1.807) is 0 Å². The van der Waals surface area contributed by atoms with Gasteiger partial charge in [-0.25, -0.2) is 0 Å². The van der Waals surface area contributed by atoms with E-state index in [0.29, 0.717) is 5.69 Å². The van der Waals surface area contributed by atoms with Gasteiger partial charge in [0.05, 0.1) is 0 Å². The fraction of sp³-hybridized carbons (Fsp3) is 0.389. The van der Waals surface area contributed by atoms with Gasteiger partial charge in [0.1, 0.15) is 5.69 Å². The third-order valence-electron chi connectivity index (χ3n) is 4.28. The normalized spacial score (nSPS) is 15.7. The lowest BCUT2D eigenvalue weighted by Gasteiger charge is -2.27. The van der Waals surface area contributed by atoms with Crippen molar-refractivity contribution in [3.8, 4) is 0 Å². The zero-order chi connectivity index (χ0) is 15.4. The van der Waals surface area contributed by atoms with Crippen molar-refractivity contribution < 1.29 is 4.79 Å². The topological polar surface area (TPSA) is 37.3 Å². The summed E-state index contributed by atoms with van der Waals surface area (Å²) in [6, 6.07) is 11.8. The summed E-state index contributed by atoms with van der Waals surface area (Å²) < 4.78 is 1.84. The molecule has 1 aromatic heterocycles. The van der Waals surface area contributed by atoms with Gasteiger partial charge in [-0.3, -0.25) is 9.69 Å². The Bertz CT molecular complexity index is 641. The predicted molar refractivity (Wildman–Crippen MR) is 88.9 cm³/mol. The van der Waals surface area contributed by atoms with Crippen LogP contribution in [0.1, 0.15) is 35.3 Å². The summed E-state index contributed by atoms with van der Waals surface area (Å²) in [6.45, 7) is 3.21. The Labute approximate surface area is 131 Å². The molecule has 116 valence electrons. The summed E-state index contributed by atoms with van der Waals surface area (Å²) >= 11 is 0. The Morgan fingerprint density at radius 2 is 1.86 bits per heavy atom. The Morgan fingerprint density at radius 3 is 2.59 bits per heavy atom. The van der Waals surface area contributed by atoms with Crippen LogP contribution >= 0.6 is 0 Å². The van der Waals surface area contributed by atoms with Gasteiger partial charge in [0.25, 0.3) is 5.91 Å². The van der Waals surface area contributed by atoms with Crippen molar-refractivity contribution in [1.82, 2.24) is 9.47 Å². The number of para-hydroxylation sites is 1. The maximum Gasteiger partial charge on any atom is 0.272 e. The summed E-state index contributed by atoms with van der Waals surface area (Å²) in [7, 11) is 1.88. The number of benzene rings is 1. The minimum atomic E-state index is -0.0569. The summed E-state index contributed by atoms with van der Waals surface area (Å²) in [5.74, 6) is -0.0569. The molecule has 1 aliphatic heterocycles. The number of hydrogen-bond donors (Lipinski definition) is 1. The Balaban J connectivity index is 1.73. The Morgan fingerprint density at radius 1 is 1.09 bits per heavy atom. The molecule has 0 saturated carbocycles. The van der Waals surface area contributed by atoms with E-state index < -0.39 is 0 Å². The first-order chi connectivity index (χ1) is 10.7. The van der Waals surface area contributed by atoms with Gasteiger partial charge in [-0.2, -0.15) is 0 Å². The third kappa shape index (κ3) is 3.39. The highest BCUT2D eigenvalue weighted by Gasteiger charge is 2.15. The number of amides is 1. The SMILES string of the molecule is Cn1cccc1C(=O)Nc1ccccc1CN1CCCCC1. The van der Waals surface area contributed by atoms with Crippen LogP contribution in [0.25, 0.3) is 0 Å². The summed E-state index contributed by atoms with van der Waals surface area (Å²) in [6.07, 6.45) is 5.77. The van der Waals surface area contributed by atoms with Gasteiger partial charge in [0.15, 0.2) is 0 Å². The van der Waals surface area contributed by atoms with Gasteiger partial charge in [0, 0.05) is 25.5 Å². The zero-order valence-electron chi connectivity index (χ0n) is 13.1. The van der Waals surface area contributed by atoms with Crippen molar-refractivity contribution >= 4 is 11.6 Å². The molecule has 2 heterocycles. The van der Waals surface area contributed by atoms with E-state index in [-0.39, 0.29) is 5.91 Å². The van der Waals surface area contributed by atoms with Gasteiger partial charge in [-0.15, -0.1) is 0 Å². The molecular weight excluding hydrogens is 274 g/mol. The largest absolute Gasteiger partial charge is 0.347 e. The molecule has 0 atom stereocenters. The Kier molecular flexibility index (Phi) is 4.59. The van der Waals surface area contributed by atoms with E-state index in [1.165, 1.54) is 24.8 Å². The quantitative estimate of drug-likeness (QED) is 0.940. The van der Waals surface area contributed by atoms with E-state index in [2.05, 4.69) is 16.3 Å². The van der Waals surface area contributed by atoms with Crippen LogP contribution < -0.4 is 5.32 Å². The van der Waals surface area contributed by atoms with E-state index in [1.807, 2.05) is 48.1 Å². The van der Waals surface area contributed by atoms with Crippen molar-refractivity contribution in [2.75, 3.05) is 18.4 Å². The second-order valence-corrected chi connectivity index (χ2v) is 5.95. The van der Waals surface area contributed by atoms with Crippen LogP contribution in [0.4, 0.5) is 5.69 Å². The molecule has 22 heavy (non-hydrogen) atoms. The fourth-order valence-corrected chi connectivity index (χ4v) is 3.02. The second-order valence-electron chi connectivity index (χ2n) is 5.95. The lowest BCUT2D eigenvalue weighted by Crippen LogP contribution is -2.29. The maximum atomic E-state index is 12.4. The van der Waals surface area contributed by atoms with Gasteiger partial charge < -0.3 is 9.88 Å². The van der Waals surface area contributed by atoms with Crippen molar-refractivity contribution in [3.63, 3.8) is 0 Å². The lowest BCUT2D eigenvalue weighted by atomic mass is 10.1. The molecule has 4 nitrogen and oxygen atoms in total. The molecule has 2 aromatic rings. The number of carbonyl (C=O) groups is 1. The van der Waals surface area contributed by atoms with Gasteiger partial charge in [-0.1, -0.05) is 24.6 Å². The smallest absolute Gasteiger partial charge is 0.272 e. The van der Waals surface area contributed by atoms with Gasteiger partial charge in [-0.05, 0) is 49.7 Å². The van der Waals surface area contributed by atoms with E-state index in [0.717, 1.165) is 25.3 Å². The molecule has 1 aromatic carbocycles. The highest BCUT2D eigenvalue weighted by atomic mass is 16.1. The van der Waals surface area contributed by atoms with E-state index in [4.69, 9.17) is 0 Å².